The van der Waals surface area contributed by atoms with Crippen molar-refractivity contribution in [1.29, 1.82) is 0 Å². The van der Waals surface area contributed by atoms with Gasteiger partial charge in [-0.3, -0.25) is 9.59 Å². The molecule has 0 aliphatic carbocycles. The summed E-state index contributed by atoms with van der Waals surface area (Å²) in [5, 5.41) is 3.26. The van der Waals surface area contributed by atoms with Crippen molar-refractivity contribution in [3.8, 4) is 0 Å². The molecular weight excluding hydrogens is 399 g/mol. The van der Waals surface area contributed by atoms with E-state index < -0.39 is 11.7 Å². The third-order valence-electron chi connectivity index (χ3n) is 3.80. The van der Waals surface area contributed by atoms with Gasteiger partial charge in [0, 0.05) is 28.1 Å². The van der Waals surface area contributed by atoms with Gasteiger partial charge in [-0.05, 0) is 52.3 Å². The maximum Gasteiger partial charge on any atom is 0.229 e. The fraction of sp³-hybridized carbons (Fsp3) is 0.176. The summed E-state index contributed by atoms with van der Waals surface area (Å²) in [5.74, 6) is -1.28. The summed E-state index contributed by atoms with van der Waals surface area (Å²) in [5.41, 5.74) is 1.14. The van der Waals surface area contributed by atoms with Crippen LogP contribution in [0.2, 0.25) is 5.02 Å². The monoisotopic (exact) mass is 410 g/mol. The lowest BCUT2D eigenvalue weighted by Gasteiger charge is -2.17. The van der Waals surface area contributed by atoms with Crippen molar-refractivity contribution in [3.63, 3.8) is 0 Å². The van der Waals surface area contributed by atoms with Crippen molar-refractivity contribution in [2.75, 3.05) is 16.8 Å². The van der Waals surface area contributed by atoms with Gasteiger partial charge < -0.3 is 10.2 Å². The van der Waals surface area contributed by atoms with E-state index in [-0.39, 0.29) is 24.8 Å². The van der Waals surface area contributed by atoms with Gasteiger partial charge >= 0.3 is 0 Å². The number of carbonyl (C=O) groups excluding carboxylic acids is 2. The van der Waals surface area contributed by atoms with Crippen LogP contribution in [-0.4, -0.2) is 18.4 Å². The molecule has 2 amide bonds. The fourth-order valence-electron chi connectivity index (χ4n) is 2.60. The van der Waals surface area contributed by atoms with Crippen molar-refractivity contribution < 1.29 is 14.0 Å². The van der Waals surface area contributed by atoms with E-state index in [4.69, 9.17) is 11.6 Å². The van der Waals surface area contributed by atoms with Gasteiger partial charge in [0.1, 0.15) is 5.82 Å². The number of amides is 2. The first-order valence-electron chi connectivity index (χ1n) is 7.26. The molecule has 1 atom stereocenters. The molecule has 0 radical (unpaired) electrons. The van der Waals surface area contributed by atoms with Crippen molar-refractivity contribution in [3.05, 3.63) is 57.8 Å². The second kappa shape index (κ2) is 6.91. The zero-order chi connectivity index (χ0) is 17.3. The summed E-state index contributed by atoms with van der Waals surface area (Å²) in [6.07, 6.45) is 0.122. The van der Waals surface area contributed by atoms with Gasteiger partial charge in [0.15, 0.2) is 0 Å². The Bertz CT molecular complexity index is 815. The van der Waals surface area contributed by atoms with Gasteiger partial charge in [-0.25, -0.2) is 4.39 Å². The summed E-state index contributed by atoms with van der Waals surface area (Å²) in [4.78, 5) is 26.2. The van der Waals surface area contributed by atoms with Crippen molar-refractivity contribution >= 4 is 50.7 Å². The van der Waals surface area contributed by atoms with E-state index in [1.807, 2.05) is 0 Å². The van der Waals surface area contributed by atoms with Crippen LogP contribution in [0.4, 0.5) is 15.8 Å². The standard InChI is InChI=1S/C17H13BrClFN2O2/c18-14-8-12(20)4-5-15(14)21-17(24)10-6-16(23)22(9-10)13-3-1-2-11(19)7-13/h1-5,7-8,10H,6,9H2,(H,21,24). The molecule has 2 aromatic carbocycles. The van der Waals surface area contributed by atoms with Crippen molar-refractivity contribution in [2.24, 2.45) is 5.92 Å². The van der Waals surface area contributed by atoms with Gasteiger partial charge in [0.2, 0.25) is 11.8 Å². The zero-order valence-corrected chi connectivity index (χ0v) is 14.8. The summed E-state index contributed by atoms with van der Waals surface area (Å²) in [6.45, 7) is 0.282. The predicted molar refractivity (Wildman–Crippen MR) is 94.6 cm³/mol. The van der Waals surface area contributed by atoms with Crippen LogP contribution in [0.15, 0.2) is 46.9 Å². The topological polar surface area (TPSA) is 49.4 Å². The van der Waals surface area contributed by atoms with E-state index in [0.717, 1.165) is 0 Å². The normalized spacial score (nSPS) is 17.2. The van der Waals surface area contributed by atoms with Crippen LogP contribution in [0.3, 0.4) is 0 Å². The smallest absolute Gasteiger partial charge is 0.229 e. The first kappa shape index (κ1) is 16.9. The molecule has 124 valence electrons. The number of halogens is 3. The molecule has 24 heavy (non-hydrogen) atoms. The molecule has 1 heterocycles. The quantitative estimate of drug-likeness (QED) is 0.821. The second-order valence-electron chi connectivity index (χ2n) is 5.50. The number of anilines is 2. The highest BCUT2D eigenvalue weighted by molar-refractivity contribution is 9.10. The molecule has 0 spiro atoms. The Morgan fingerprint density at radius 3 is 2.79 bits per heavy atom. The Morgan fingerprint density at radius 2 is 2.08 bits per heavy atom. The lowest BCUT2D eigenvalue weighted by Crippen LogP contribution is -2.28. The predicted octanol–water partition coefficient (Wildman–Crippen LogP) is 4.23. The molecule has 4 nitrogen and oxygen atoms in total. The number of carbonyl (C=O) groups is 2. The van der Waals surface area contributed by atoms with Crippen LogP contribution in [-0.2, 0) is 9.59 Å². The number of nitrogens with one attached hydrogen (secondary N) is 1. The van der Waals surface area contributed by atoms with Gasteiger partial charge in [0.05, 0.1) is 11.6 Å². The third kappa shape index (κ3) is 3.60. The minimum Gasteiger partial charge on any atom is -0.325 e. The lowest BCUT2D eigenvalue weighted by molar-refractivity contribution is -0.122. The van der Waals surface area contributed by atoms with Crippen LogP contribution in [0.1, 0.15) is 6.42 Å². The Balaban J connectivity index is 1.72. The Labute approximate surface area is 151 Å². The summed E-state index contributed by atoms with van der Waals surface area (Å²) in [6, 6.07) is 11.0. The SMILES string of the molecule is O=C(Nc1ccc(F)cc1Br)C1CC(=O)N(c2cccc(Cl)c2)C1. The molecule has 1 N–H and O–H groups in total. The largest absolute Gasteiger partial charge is 0.325 e. The highest BCUT2D eigenvalue weighted by atomic mass is 79.9. The summed E-state index contributed by atoms with van der Waals surface area (Å²) in [7, 11) is 0. The first-order chi connectivity index (χ1) is 11.4. The Kier molecular flexibility index (Phi) is 4.87. The minimum atomic E-state index is -0.478. The number of nitrogens with zero attached hydrogens (tertiary/aromatic N) is 1. The zero-order valence-electron chi connectivity index (χ0n) is 12.4. The number of hydrogen-bond donors (Lipinski definition) is 1. The van der Waals surface area contributed by atoms with E-state index in [1.54, 1.807) is 29.2 Å². The van der Waals surface area contributed by atoms with Crippen LogP contribution >= 0.6 is 27.5 Å². The Morgan fingerprint density at radius 1 is 1.29 bits per heavy atom. The van der Waals surface area contributed by atoms with E-state index in [9.17, 15) is 14.0 Å². The number of rotatable bonds is 3. The average Bonchev–Trinajstić information content (AvgIpc) is 2.92. The van der Waals surface area contributed by atoms with Crippen LogP contribution < -0.4 is 10.2 Å². The highest BCUT2D eigenvalue weighted by Gasteiger charge is 2.35. The molecule has 0 aromatic heterocycles. The first-order valence-corrected chi connectivity index (χ1v) is 8.43. The molecule has 7 heteroatoms. The van der Waals surface area contributed by atoms with Crippen molar-refractivity contribution in [2.45, 2.75) is 6.42 Å². The molecule has 3 rings (SSSR count). The number of hydrogen-bond acceptors (Lipinski definition) is 2. The van der Waals surface area contributed by atoms with Crippen LogP contribution in [0, 0.1) is 11.7 Å². The molecule has 1 fully saturated rings. The van der Waals surface area contributed by atoms with Crippen LogP contribution in [0.25, 0.3) is 0 Å². The van der Waals surface area contributed by atoms with Gasteiger partial charge in [0.25, 0.3) is 0 Å². The van der Waals surface area contributed by atoms with E-state index in [2.05, 4.69) is 21.2 Å². The number of benzene rings is 2. The third-order valence-corrected chi connectivity index (χ3v) is 4.70. The lowest BCUT2D eigenvalue weighted by atomic mass is 10.1. The second-order valence-corrected chi connectivity index (χ2v) is 6.79. The van der Waals surface area contributed by atoms with E-state index in [1.165, 1.54) is 18.2 Å². The fourth-order valence-corrected chi connectivity index (χ4v) is 3.24. The van der Waals surface area contributed by atoms with E-state index >= 15 is 0 Å². The van der Waals surface area contributed by atoms with Crippen LogP contribution in [0.5, 0.6) is 0 Å². The van der Waals surface area contributed by atoms with Crippen molar-refractivity contribution in [1.82, 2.24) is 0 Å². The molecule has 1 aliphatic rings. The molecule has 1 saturated heterocycles. The maximum atomic E-state index is 13.1. The molecule has 1 aliphatic heterocycles. The molecule has 0 bridgehead atoms. The molecule has 1 unspecified atom stereocenters. The minimum absolute atomic E-state index is 0.122. The average molecular weight is 412 g/mol. The molecular formula is C17H13BrClFN2O2. The summed E-state index contributed by atoms with van der Waals surface area (Å²) >= 11 is 9.16. The molecule has 0 saturated carbocycles. The van der Waals surface area contributed by atoms with Gasteiger partial charge in [-0.1, -0.05) is 17.7 Å². The van der Waals surface area contributed by atoms with E-state index in [0.29, 0.717) is 20.9 Å². The Hall–Kier alpha value is -1.92. The molecule has 2 aromatic rings. The highest BCUT2D eigenvalue weighted by Crippen LogP contribution is 2.29. The van der Waals surface area contributed by atoms with Gasteiger partial charge in [-0.15, -0.1) is 0 Å². The maximum absolute atomic E-state index is 13.1. The summed E-state index contributed by atoms with van der Waals surface area (Å²) < 4.78 is 13.6. The van der Waals surface area contributed by atoms with Gasteiger partial charge in [-0.2, -0.15) is 0 Å².